The molecule has 0 amide bonds. The van der Waals surface area contributed by atoms with E-state index in [9.17, 15) is 9.59 Å². The maximum atomic E-state index is 10.4. The maximum Gasteiger partial charge on any atom is 0.234 e. The molecule has 106 valence electrons. The third-order valence-corrected chi connectivity index (χ3v) is 5.17. The molecule has 2 aliphatic carbocycles. The second-order valence-corrected chi connectivity index (χ2v) is 6.08. The maximum absolute atomic E-state index is 10.4. The number of nitrogens with zero attached hydrogens (tertiary/aromatic N) is 3. The lowest BCUT2D eigenvalue weighted by atomic mass is 9.67. The van der Waals surface area contributed by atoms with E-state index >= 15 is 0 Å². The predicted molar refractivity (Wildman–Crippen MR) is 73.4 cm³/mol. The lowest BCUT2D eigenvalue weighted by Crippen LogP contribution is -2.34. The van der Waals surface area contributed by atoms with Gasteiger partial charge in [0.05, 0.1) is 13.1 Å². The van der Waals surface area contributed by atoms with Gasteiger partial charge in [-0.1, -0.05) is 0 Å². The van der Waals surface area contributed by atoms with Gasteiger partial charge >= 0.3 is 0 Å². The lowest BCUT2D eigenvalue weighted by molar-refractivity contribution is 0.127. The van der Waals surface area contributed by atoms with Crippen LogP contribution in [0.3, 0.4) is 0 Å². The van der Waals surface area contributed by atoms with Crippen molar-refractivity contribution in [2.75, 3.05) is 19.6 Å². The topological polar surface area (TPSA) is 63.2 Å². The molecule has 0 saturated heterocycles. The van der Waals surface area contributed by atoms with Crippen LogP contribution in [0, 0.1) is 29.7 Å². The summed E-state index contributed by atoms with van der Waals surface area (Å²) < 4.78 is 0. The first-order valence-electron chi connectivity index (χ1n) is 7.16. The van der Waals surface area contributed by atoms with Crippen LogP contribution < -0.4 is 0 Å². The van der Waals surface area contributed by atoms with Crippen LogP contribution in [0.25, 0.3) is 4.85 Å². The fourth-order valence-corrected chi connectivity index (χ4v) is 4.31. The van der Waals surface area contributed by atoms with Crippen LogP contribution in [0.15, 0.2) is 9.98 Å². The summed E-state index contributed by atoms with van der Waals surface area (Å²) >= 11 is 0. The highest BCUT2D eigenvalue weighted by atomic mass is 16.1. The Morgan fingerprint density at radius 2 is 2.05 bits per heavy atom. The van der Waals surface area contributed by atoms with Gasteiger partial charge in [-0.25, -0.2) is 26.1 Å². The number of fused-ring (bicyclic) bond motifs is 2. The fraction of sp³-hybridized carbons (Fsp3) is 0.800. The van der Waals surface area contributed by atoms with E-state index in [1.807, 2.05) is 0 Å². The molecule has 0 aliphatic heterocycles. The monoisotopic (exact) mass is 273 g/mol. The van der Waals surface area contributed by atoms with Crippen molar-refractivity contribution in [3.8, 4) is 0 Å². The van der Waals surface area contributed by atoms with Crippen LogP contribution in [0.4, 0.5) is 0 Å². The van der Waals surface area contributed by atoms with E-state index in [1.54, 1.807) is 12.2 Å². The smallest absolute Gasteiger partial charge is 0.234 e. The van der Waals surface area contributed by atoms with E-state index in [1.165, 1.54) is 0 Å². The number of hydrogen-bond donors (Lipinski definition) is 0. The SMILES string of the molecule is [C-]#[N+]CCCC1(CN=C=O)CC2CC1CC2CN=C=O. The molecule has 4 atom stereocenters. The molecule has 5 heteroatoms. The van der Waals surface area contributed by atoms with Crippen molar-refractivity contribution in [3.05, 3.63) is 11.4 Å². The molecule has 0 N–H and O–H groups in total. The summed E-state index contributed by atoms with van der Waals surface area (Å²) in [6.07, 6.45) is 8.36. The van der Waals surface area contributed by atoms with Crippen molar-refractivity contribution in [1.82, 2.24) is 0 Å². The molecular formula is C15H19N3O2. The Morgan fingerprint density at radius 3 is 2.65 bits per heavy atom. The quantitative estimate of drug-likeness (QED) is 0.309. The van der Waals surface area contributed by atoms with Gasteiger partial charge in [0.25, 0.3) is 0 Å². The zero-order chi connectivity index (χ0) is 14.4. The minimum Gasteiger partial charge on any atom is -0.317 e. The largest absolute Gasteiger partial charge is 0.317 e. The van der Waals surface area contributed by atoms with Crippen LogP contribution in [0.1, 0.15) is 32.1 Å². The minimum absolute atomic E-state index is 0.0775. The molecule has 0 spiro atoms. The van der Waals surface area contributed by atoms with E-state index < -0.39 is 0 Å². The molecule has 2 rings (SSSR count). The zero-order valence-corrected chi connectivity index (χ0v) is 11.5. The molecule has 2 bridgehead atoms. The first-order valence-corrected chi connectivity index (χ1v) is 7.16. The highest BCUT2D eigenvalue weighted by Crippen LogP contribution is 2.60. The van der Waals surface area contributed by atoms with Gasteiger partial charge in [-0.15, -0.1) is 0 Å². The first-order chi connectivity index (χ1) is 9.75. The molecule has 2 aliphatic rings. The Bertz CT molecular complexity index is 486. The molecule has 0 heterocycles. The summed E-state index contributed by atoms with van der Waals surface area (Å²) in [5, 5.41) is 0. The highest BCUT2D eigenvalue weighted by Gasteiger charge is 2.54. The molecular weight excluding hydrogens is 254 g/mol. The average molecular weight is 273 g/mol. The van der Waals surface area contributed by atoms with E-state index in [0.717, 1.165) is 32.1 Å². The summed E-state index contributed by atoms with van der Waals surface area (Å²) in [6, 6.07) is 0. The molecule has 2 saturated carbocycles. The summed E-state index contributed by atoms with van der Waals surface area (Å²) in [6.45, 7) is 8.55. The van der Waals surface area contributed by atoms with E-state index in [2.05, 4.69) is 14.8 Å². The number of hydrogen-bond acceptors (Lipinski definition) is 4. The van der Waals surface area contributed by atoms with Crippen molar-refractivity contribution in [2.24, 2.45) is 33.2 Å². The fourth-order valence-electron chi connectivity index (χ4n) is 4.31. The summed E-state index contributed by atoms with van der Waals surface area (Å²) in [5.41, 5.74) is 0.0775. The average Bonchev–Trinajstić information content (AvgIpc) is 3.01. The molecule has 0 radical (unpaired) electrons. The van der Waals surface area contributed by atoms with Crippen LogP contribution in [0.5, 0.6) is 0 Å². The molecule has 2 fully saturated rings. The predicted octanol–water partition coefficient (Wildman–Crippen LogP) is 2.39. The normalized spacial score (nSPS) is 34.0. The summed E-state index contributed by atoms with van der Waals surface area (Å²) in [4.78, 5) is 31.7. The Hall–Kier alpha value is -1.75. The van der Waals surface area contributed by atoms with Gasteiger partial charge in [-0.05, 0) is 48.9 Å². The van der Waals surface area contributed by atoms with Gasteiger partial charge in [-0.2, -0.15) is 0 Å². The van der Waals surface area contributed by atoms with Gasteiger partial charge < -0.3 is 4.85 Å². The number of carbonyl (C=O) groups excluding carboxylic acids is 2. The Kier molecular flexibility index (Phi) is 4.84. The molecule has 5 nitrogen and oxygen atoms in total. The number of isocyanates is 2. The van der Waals surface area contributed by atoms with Crippen LogP contribution in [0.2, 0.25) is 0 Å². The van der Waals surface area contributed by atoms with Gasteiger partial charge in [0.15, 0.2) is 0 Å². The molecule has 0 aromatic carbocycles. The summed E-state index contributed by atoms with van der Waals surface area (Å²) in [7, 11) is 0. The molecule has 20 heavy (non-hydrogen) atoms. The Morgan fingerprint density at radius 1 is 1.25 bits per heavy atom. The summed E-state index contributed by atoms with van der Waals surface area (Å²) in [5.74, 6) is 1.60. The van der Waals surface area contributed by atoms with Crippen molar-refractivity contribution in [1.29, 1.82) is 0 Å². The van der Waals surface area contributed by atoms with Crippen molar-refractivity contribution < 1.29 is 9.59 Å². The van der Waals surface area contributed by atoms with Crippen molar-refractivity contribution >= 4 is 12.2 Å². The first kappa shape index (κ1) is 14.7. The molecule has 4 unspecified atom stereocenters. The highest BCUT2D eigenvalue weighted by molar-refractivity contribution is 5.33. The van der Waals surface area contributed by atoms with Gasteiger partial charge in [0, 0.05) is 6.42 Å². The second kappa shape index (κ2) is 6.61. The number of aliphatic imine (C=N–C) groups is 2. The number of rotatable bonds is 7. The van der Waals surface area contributed by atoms with Gasteiger partial charge in [-0.3, -0.25) is 0 Å². The third-order valence-electron chi connectivity index (χ3n) is 5.17. The minimum atomic E-state index is 0.0775. The van der Waals surface area contributed by atoms with Crippen LogP contribution >= 0.6 is 0 Å². The van der Waals surface area contributed by atoms with E-state index in [0.29, 0.717) is 37.4 Å². The van der Waals surface area contributed by atoms with E-state index in [-0.39, 0.29) is 5.41 Å². The lowest BCUT2D eigenvalue weighted by Gasteiger charge is -2.38. The third kappa shape index (κ3) is 2.88. The molecule has 0 aromatic rings. The van der Waals surface area contributed by atoms with Crippen molar-refractivity contribution in [2.45, 2.75) is 32.1 Å². The van der Waals surface area contributed by atoms with E-state index in [4.69, 9.17) is 6.57 Å². The zero-order valence-electron chi connectivity index (χ0n) is 11.5. The van der Waals surface area contributed by atoms with Crippen LogP contribution in [-0.4, -0.2) is 31.8 Å². The van der Waals surface area contributed by atoms with Crippen LogP contribution in [-0.2, 0) is 9.59 Å². The second-order valence-electron chi connectivity index (χ2n) is 6.08. The van der Waals surface area contributed by atoms with Gasteiger partial charge in [0.1, 0.15) is 0 Å². The Balaban J connectivity index is 2.03. The van der Waals surface area contributed by atoms with Gasteiger partial charge in [0.2, 0.25) is 18.7 Å². The standard InChI is InChI=1S/C15H19N3O2/c1-16-4-2-3-15(9-18-11-20)7-12-5-14(15)6-13(12)8-17-10-19/h12-14H,2-9H2. The Labute approximate surface area is 119 Å². The molecule has 0 aromatic heterocycles. The van der Waals surface area contributed by atoms with Crippen molar-refractivity contribution in [3.63, 3.8) is 0 Å².